The average molecular weight is 260 g/mol. The Morgan fingerprint density at radius 3 is 2.29 bits per heavy atom. The van der Waals surface area contributed by atoms with Gasteiger partial charge in [0.05, 0.1) is 0 Å². The molecule has 0 bridgehead atoms. The highest BCUT2D eigenvalue weighted by molar-refractivity contribution is 7.99. The third kappa shape index (κ3) is 8.36. The Labute approximate surface area is 110 Å². The fourth-order valence-corrected chi connectivity index (χ4v) is 2.61. The maximum Gasteiger partial charge on any atom is 0.144 e. The van der Waals surface area contributed by atoms with Gasteiger partial charge in [-0.1, -0.05) is 45.2 Å². The van der Waals surface area contributed by atoms with E-state index in [1.54, 1.807) is 0 Å². The predicted octanol–water partition coefficient (Wildman–Crippen LogP) is 3.85. The summed E-state index contributed by atoms with van der Waals surface area (Å²) in [7, 11) is 0. The number of rotatable bonds is 10. The standard InChI is InChI=1S/C13H28N2OS/c1-4-5-7-10-17-11-8-6-9-13(2,3)12(14)15-16/h16H,4-11H2,1-3H3,(H2,14,15). The molecule has 3 N–H and O–H groups in total. The van der Waals surface area contributed by atoms with Crippen LogP contribution in [0.1, 0.15) is 59.3 Å². The second kappa shape index (κ2) is 9.63. The highest BCUT2D eigenvalue weighted by Gasteiger charge is 2.22. The fraction of sp³-hybridized carbons (Fsp3) is 0.923. The van der Waals surface area contributed by atoms with Crippen molar-refractivity contribution in [2.24, 2.45) is 16.3 Å². The smallest absolute Gasteiger partial charge is 0.144 e. The van der Waals surface area contributed by atoms with Crippen LogP contribution in [0.2, 0.25) is 0 Å². The number of amidine groups is 1. The minimum atomic E-state index is -0.179. The maximum absolute atomic E-state index is 8.65. The zero-order valence-corrected chi connectivity index (χ0v) is 12.4. The molecule has 4 heteroatoms. The lowest BCUT2D eigenvalue weighted by Gasteiger charge is -2.22. The van der Waals surface area contributed by atoms with E-state index in [1.165, 1.54) is 37.2 Å². The van der Waals surface area contributed by atoms with Gasteiger partial charge in [0.25, 0.3) is 0 Å². The summed E-state index contributed by atoms with van der Waals surface area (Å²) in [6.45, 7) is 6.28. The van der Waals surface area contributed by atoms with Crippen molar-refractivity contribution in [1.82, 2.24) is 0 Å². The second-order valence-electron chi connectivity index (χ2n) is 5.15. The molecule has 0 aliphatic rings. The van der Waals surface area contributed by atoms with E-state index < -0.39 is 0 Å². The van der Waals surface area contributed by atoms with Crippen molar-refractivity contribution in [3.63, 3.8) is 0 Å². The Hall–Kier alpha value is -0.380. The fourth-order valence-electron chi connectivity index (χ4n) is 1.59. The molecule has 0 spiro atoms. The molecule has 0 unspecified atom stereocenters. The first-order chi connectivity index (χ1) is 8.04. The van der Waals surface area contributed by atoms with Crippen molar-refractivity contribution in [3.05, 3.63) is 0 Å². The van der Waals surface area contributed by atoms with Gasteiger partial charge in [0, 0.05) is 5.41 Å². The summed E-state index contributed by atoms with van der Waals surface area (Å²) in [5.41, 5.74) is 5.46. The van der Waals surface area contributed by atoms with Gasteiger partial charge >= 0.3 is 0 Å². The van der Waals surface area contributed by atoms with Crippen LogP contribution in [0.5, 0.6) is 0 Å². The number of oxime groups is 1. The van der Waals surface area contributed by atoms with Crippen molar-refractivity contribution in [3.8, 4) is 0 Å². The number of thioether (sulfide) groups is 1. The third-order valence-electron chi connectivity index (χ3n) is 3.03. The molecule has 17 heavy (non-hydrogen) atoms. The average Bonchev–Trinajstić information content (AvgIpc) is 2.31. The van der Waals surface area contributed by atoms with Crippen molar-refractivity contribution < 1.29 is 5.21 Å². The van der Waals surface area contributed by atoms with Gasteiger partial charge in [-0.15, -0.1) is 0 Å². The molecule has 0 aliphatic heterocycles. The highest BCUT2D eigenvalue weighted by Crippen LogP contribution is 2.24. The Kier molecular flexibility index (Phi) is 9.41. The van der Waals surface area contributed by atoms with E-state index in [-0.39, 0.29) is 5.41 Å². The molecule has 0 aromatic carbocycles. The molecule has 0 aromatic heterocycles. The summed E-state index contributed by atoms with van der Waals surface area (Å²) in [6, 6.07) is 0. The van der Waals surface area contributed by atoms with Crippen LogP contribution in [-0.4, -0.2) is 22.5 Å². The second-order valence-corrected chi connectivity index (χ2v) is 6.37. The maximum atomic E-state index is 8.65. The Morgan fingerprint density at radius 1 is 1.18 bits per heavy atom. The van der Waals surface area contributed by atoms with Crippen molar-refractivity contribution in [2.45, 2.75) is 59.3 Å². The van der Waals surface area contributed by atoms with Crippen LogP contribution in [-0.2, 0) is 0 Å². The van der Waals surface area contributed by atoms with Crippen LogP contribution in [0, 0.1) is 5.41 Å². The predicted molar refractivity (Wildman–Crippen MR) is 77.9 cm³/mol. The molecule has 3 nitrogen and oxygen atoms in total. The van der Waals surface area contributed by atoms with Crippen molar-refractivity contribution in [1.29, 1.82) is 0 Å². The Morgan fingerprint density at radius 2 is 1.76 bits per heavy atom. The summed E-state index contributed by atoms with van der Waals surface area (Å²) in [5, 5.41) is 11.8. The van der Waals surface area contributed by atoms with Gasteiger partial charge in [0.2, 0.25) is 0 Å². The first kappa shape index (κ1) is 16.6. The van der Waals surface area contributed by atoms with Gasteiger partial charge in [0.15, 0.2) is 0 Å². The van der Waals surface area contributed by atoms with E-state index in [9.17, 15) is 0 Å². The van der Waals surface area contributed by atoms with Gasteiger partial charge in [0.1, 0.15) is 5.84 Å². The van der Waals surface area contributed by atoms with Gasteiger partial charge < -0.3 is 10.9 Å². The van der Waals surface area contributed by atoms with Gasteiger partial charge in [-0.3, -0.25) is 0 Å². The van der Waals surface area contributed by atoms with E-state index >= 15 is 0 Å². The van der Waals surface area contributed by atoms with Gasteiger partial charge in [-0.25, -0.2) is 0 Å². The molecule has 102 valence electrons. The monoisotopic (exact) mass is 260 g/mol. The molecular weight excluding hydrogens is 232 g/mol. The molecule has 0 aliphatic carbocycles. The van der Waals surface area contributed by atoms with Crippen LogP contribution in [0.15, 0.2) is 5.16 Å². The van der Waals surface area contributed by atoms with E-state index in [2.05, 4.69) is 12.1 Å². The largest absolute Gasteiger partial charge is 0.409 e. The Bertz CT molecular complexity index is 217. The normalized spacial score (nSPS) is 13.0. The summed E-state index contributed by atoms with van der Waals surface area (Å²) in [4.78, 5) is 0. The van der Waals surface area contributed by atoms with Crippen LogP contribution in [0.25, 0.3) is 0 Å². The zero-order chi connectivity index (χ0) is 13.1. The highest BCUT2D eigenvalue weighted by atomic mass is 32.2. The Balaban J connectivity index is 3.45. The van der Waals surface area contributed by atoms with Crippen molar-refractivity contribution in [2.75, 3.05) is 11.5 Å². The van der Waals surface area contributed by atoms with Crippen LogP contribution in [0.3, 0.4) is 0 Å². The minimum Gasteiger partial charge on any atom is -0.409 e. The zero-order valence-electron chi connectivity index (χ0n) is 11.5. The molecule has 0 amide bonds. The lowest BCUT2D eigenvalue weighted by molar-refractivity contribution is 0.304. The summed E-state index contributed by atoms with van der Waals surface area (Å²) in [6.07, 6.45) is 7.34. The number of nitrogens with two attached hydrogens (primary N) is 1. The molecule has 0 atom stereocenters. The van der Waals surface area contributed by atoms with E-state index in [0.717, 1.165) is 12.8 Å². The lowest BCUT2D eigenvalue weighted by atomic mass is 9.86. The SMILES string of the molecule is CCCCCSCCCCC(C)(C)C(N)=NO. The summed E-state index contributed by atoms with van der Waals surface area (Å²) in [5.74, 6) is 2.86. The summed E-state index contributed by atoms with van der Waals surface area (Å²) >= 11 is 2.05. The molecule has 0 saturated carbocycles. The molecule has 0 rings (SSSR count). The molecule has 0 fully saturated rings. The minimum absolute atomic E-state index is 0.179. The van der Waals surface area contributed by atoms with E-state index in [4.69, 9.17) is 10.9 Å². The lowest BCUT2D eigenvalue weighted by Crippen LogP contribution is -2.31. The molecule has 0 saturated heterocycles. The van der Waals surface area contributed by atoms with Gasteiger partial charge in [-0.2, -0.15) is 11.8 Å². The molecular formula is C13H28N2OS. The number of nitrogens with zero attached hydrogens (tertiary/aromatic N) is 1. The third-order valence-corrected chi connectivity index (χ3v) is 4.19. The van der Waals surface area contributed by atoms with E-state index in [0.29, 0.717) is 5.84 Å². The van der Waals surface area contributed by atoms with Crippen LogP contribution in [0.4, 0.5) is 0 Å². The molecule has 0 heterocycles. The first-order valence-corrected chi connectivity index (χ1v) is 7.75. The summed E-state index contributed by atoms with van der Waals surface area (Å²) < 4.78 is 0. The topological polar surface area (TPSA) is 58.6 Å². The van der Waals surface area contributed by atoms with E-state index in [1.807, 2.05) is 25.6 Å². The first-order valence-electron chi connectivity index (χ1n) is 6.60. The number of hydrogen-bond donors (Lipinski definition) is 2. The van der Waals surface area contributed by atoms with Gasteiger partial charge in [-0.05, 0) is 30.8 Å². The van der Waals surface area contributed by atoms with Crippen molar-refractivity contribution >= 4 is 17.6 Å². The number of unbranched alkanes of at least 4 members (excludes halogenated alkanes) is 3. The van der Waals surface area contributed by atoms with Crippen LogP contribution >= 0.6 is 11.8 Å². The molecule has 0 radical (unpaired) electrons. The number of hydrogen-bond acceptors (Lipinski definition) is 3. The quantitative estimate of drug-likeness (QED) is 0.206. The van der Waals surface area contributed by atoms with Crippen LogP contribution < -0.4 is 5.73 Å². The molecule has 0 aromatic rings.